The second-order valence-electron chi connectivity index (χ2n) is 4.29. The molecular formula is C13H23N3OS. The smallest absolute Gasteiger partial charge is 0.234 e. The first kappa shape index (κ1) is 15.1. The number of amides is 1. The first-order valence-corrected chi connectivity index (χ1v) is 7.51. The zero-order valence-electron chi connectivity index (χ0n) is 11.4. The molecule has 0 saturated heterocycles. The van der Waals surface area contributed by atoms with Crippen LogP contribution in [0.1, 0.15) is 51.1 Å². The highest BCUT2D eigenvalue weighted by atomic mass is 32.1. The van der Waals surface area contributed by atoms with Gasteiger partial charge in [-0.1, -0.05) is 20.8 Å². The van der Waals surface area contributed by atoms with Crippen molar-refractivity contribution in [2.75, 3.05) is 6.54 Å². The van der Waals surface area contributed by atoms with E-state index in [1.165, 1.54) is 0 Å². The van der Waals surface area contributed by atoms with Crippen LogP contribution >= 0.6 is 11.3 Å². The molecule has 1 amide bonds. The summed E-state index contributed by atoms with van der Waals surface area (Å²) in [6.07, 6.45) is 4.69. The highest BCUT2D eigenvalue weighted by Crippen LogP contribution is 2.18. The quantitative estimate of drug-likeness (QED) is 0.762. The van der Waals surface area contributed by atoms with Gasteiger partial charge in [-0.15, -0.1) is 11.3 Å². The van der Waals surface area contributed by atoms with Crippen molar-refractivity contribution >= 4 is 17.2 Å². The molecule has 0 aliphatic carbocycles. The van der Waals surface area contributed by atoms with Gasteiger partial charge in [0, 0.05) is 17.6 Å². The number of aromatic nitrogens is 1. The molecule has 0 saturated carbocycles. The van der Waals surface area contributed by atoms with Crippen LogP contribution in [-0.2, 0) is 4.79 Å². The van der Waals surface area contributed by atoms with Gasteiger partial charge in [0.2, 0.25) is 5.91 Å². The number of carbonyl (C=O) groups is 1. The zero-order chi connectivity index (χ0) is 13.4. The van der Waals surface area contributed by atoms with Crippen molar-refractivity contribution in [3.05, 3.63) is 16.6 Å². The minimum Gasteiger partial charge on any atom is -0.352 e. The lowest BCUT2D eigenvalue weighted by Crippen LogP contribution is -2.40. The number of hydrogen-bond donors (Lipinski definition) is 2. The fourth-order valence-corrected chi connectivity index (χ4v) is 2.60. The molecule has 0 fully saturated rings. The highest BCUT2D eigenvalue weighted by molar-refractivity contribution is 7.09. The van der Waals surface area contributed by atoms with Crippen LogP contribution in [-0.4, -0.2) is 23.5 Å². The van der Waals surface area contributed by atoms with E-state index >= 15 is 0 Å². The second-order valence-corrected chi connectivity index (χ2v) is 5.22. The van der Waals surface area contributed by atoms with Crippen molar-refractivity contribution in [1.29, 1.82) is 0 Å². The molecule has 1 aromatic rings. The van der Waals surface area contributed by atoms with Crippen LogP contribution in [0.4, 0.5) is 0 Å². The molecule has 1 aromatic heterocycles. The molecule has 0 aliphatic heterocycles. The van der Waals surface area contributed by atoms with Gasteiger partial charge in [-0.25, -0.2) is 4.98 Å². The van der Waals surface area contributed by atoms with E-state index in [4.69, 9.17) is 0 Å². The summed E-state index contributed by atoms with van der Waals surface area (Å²) >= 11 is 1.62. The van der Waals surface area contributed by atoms with Crippen molar-refractivity contribution in [2.45, 2.75) is 52.1 Å². The van der Waals surface area contributed by atoms with Crippen LogP contribution in [0.15, 0.2) is 11.6 Å². The molecule has 4 nitrogen and oxygen atoms in total. The van der Waals surface area contributed by atoms with Crippen molar-refractivity contribution in [3.63, 3.8) is 0 Å². The largest absolute Gasteiger partial charge is 0.352 e. The number of nitrogens with zero attached hydrogens (tertiary/aromatic N) is 1. The molecule has 18 heavy (non-hydrogen) atoms. The van der Waals surface area contributed by atoms with E-state index in [1.807, 2.05) is 5.38 Å². The lowest BCUT2D eigenvalue weighted by Gasteiger charge is -2.17. The maximum Gasteiger partial charge on any atom is 0.234 e. The topological polar surface area (TPSA) is 54.0 Å². The van der Waals surface area contributed by atoms with E-state index < -0.39 is 0 Å². The molecule has 2 N–H and O–H groups in total. The standard InChI is InChI=1S/C13H23N3OS/c1-4-10(5-2)16-12(17)9-15-11(6-3)13-14-7-8-18-13/h7-8,10-11,15H,4-6,9H2,1-3H3,(H,16,17). The van der Waals surface area contributed by atoms with Gasteiger partial charge in [0.05, 0.1) is 12.6 Å². The summed E-state index contributed by atoms with van der Waals surface area (Å²) in [4.78, 5) is 16.1. The Bertz CT molecular complexity index is 336. The molecule has 102 valence electrons. The Morgan fingerprint density at radius 1 is 1.33 bits per heavy atom. The summed E-state index contributed by atoms with van der Waals surface area (Å²) < 4.78 is 0. The van der Waals surface area contributed by atoms with Crippen LogP contribution in [0, 0.1) is 0 Å². The molecule has 0 aromatic carbocycles. The third kappa shape index (κ3) is 4.74. The maximum atomic E-state index is 11.8. The van der Waals surface area contributed by atoms with Crippen LogP contribution in [0.2, 0.25) is 0 Å². The average Bonchev–Trinajstić information content (AvgIpc) is 2.90. The maximum absolute atomic E-state index is 11.8. The third-order valence-corrected chi connectivity index (χ3v) is 3.91. The Labute approximate surface area is 113 Å². The molecule has 0 spiro atoms. The first-order chi connectivity index (χ1) is 8.71. The number of thiazole rings is 1. The van der Waals surface area contributed by atoms with Crippen LogP contribution in [0.25, 0.3) is 0 Å². The molecule has 1 heterocycles. The Morgan fingerprint density at radius 2 is 2.06 bits per heavy atom. The normalized spacial score (nSPS) is 12.7. The molecule has 0 radical (unpaired) electrons. The lowest BCUT2D eigenvalue weighted by atomic mass is 10.2. The van der Waals surface area contributed by atoms with Gasteiger partial charge in [-0.3, -0.25) is 10.1 Å². The van der Waals surface area contributed by atoms with Gasteiger partial charge >= 0.3 is 0 Å². The summed E-state index contributed by atoms with van der Waals surface area (Å²) in [7, 11) is 0. The predicted molar refractivity (Wildman–Crippen MR) is 75.7 cm³/mol. The summed E-state index contributed by atoms with van der Waals surface area (Å²) in [6, 6.07) is 0.469. The predicted octanol–water partition coefficient (Wildman–Crippen LogP) is 2.49. The second kappa shape index (κ2) is 8.21. The summed E-state index contributed by atoms with van der Waals surface area (Å²) in [5.74, 6) is 0.0682. The van der Waals surface area contributed by atoms with Gasteiger partial charge < -0.3 is 5.32 Å². The van der Waals surface area contributed by atoms with Gasteiger partial charge in [-0.2, -0.15) is 0 Å². The van der Waals surface area contributed by atoms with Crippen molar-refractivity contribution in [1.82, 2.24) is 15.6 Å². The first-order valence-electron chi connectivity index (χ1n) is 6.63. The Balaban J connectivity index is 2.37. The molecule has 0 aliphatic rings. The monoisotopic (exact) mass is 269 g/mol. The minimum absolute atomic E-state index is 0.0682. The van der Waals surface area contributed by atoms with E-state index in [0.29, 0.717) is 12.6 Å². The highest BCUT2D eigenvalue weighted by Gasteiger charge is 2.14. The Kier molecular flexibility index (Phi) is 6.90. The van der Waals surface area contributed by atoms with Gasteiger partial charge in [0.25, 0.3) is 0 Å². The minimum atomic E-state index is 0.0682. The molecule has 0 bridgehead atoms. The number of rotatable bonds is 8. The molecule has 1 atom stereocenters. The van der Waals surface area contributed by atoms with Crippen LogP contribution in [0.3, 0.4) is 0 Å². The SMILES string of the molecule is CCC(CC)NC(=O)CNC(CC)c1nccs1. The zero-order valence-corrected chi connectivity index (χ0v) is 12.2. The van der Waals surface area contributed by atoms with E-state index in [-0.39, 0.29) is 11.9 Å². The van der Waals surface area contributed by atoms with E-state index in [1.54, 1.807) is 17.5 Å². The summed E-state index contributed by atoms with van der Waals surface area (Å²) in [5.41, 5.74) is 0. The number of hydrogen-bond acceptors (Lipinski definition) is 4. The van der Waals surface area contributed by atoms with E-state index in [9.17, 15) is 4.79 Å². The van der Waals surface area contributed by atoms with E-state index in [0.717, 1.165) is 24.3 Å². The Hall–Kier alpha value is -0.940. The molecule has 1 rings (SSSR count). The van der Waals surface area contributed by atoms with Crippen molar-refractivity contribution in [3.8, 4) is 0 Å². The van der Waals surface area contributed by atoms with Crippen molar-refractivity contribution in [2.24, 2.45) is 0 Å². The number of carbonyl (C=O) groups excluding carboxylic acids is 1. The Morgan fingerprint density at radius 3 is 2.56 bits per heavy atom. The molecule has 5 heteroatoms. The van der Waals surface area contributed by atoms with Crippen molar-refractivity contribution < 1.29 is 4.79 Å². The van der Waals surface area contributed by atoms with Crippen LogP contribution in [0.5, 0.6) is 0 Å². The molecular weight excluding hydrogens is 246 g/mol. The van der Waals surface area contributed by atoms with Crippen LogP contribution < -0.4 is 10.6 Å². The third-order valence-electron chi connectivity index (χ3n) is 3.02. The van der Waals surface area contributed by atoms with Gasteiger partial charge in [-0.05, 0) is 19.3 Å². The summed E-state index contributed by atoms with van der Waals surface area (Å²) in [5, 5.41) is 9.29. The fourth-order valence-electron chi connectivity index (χ4n) is 1.80. The lowest BCUT2D eigenvalue weighted by molar-refractivity contribution is -0.121. The number of nitrogens with one attached hydrogen (secondary N) is 2. The van der Waals surface area contributed by atoms with Gasteiger partial charge in [0.1, 0.15) is 5.01 Å². The fraction of sp³-hybridized carbons (Fsp3) is 0.692. The average molecular weight is 269 g/mol. The van der Waals surface area contributed by atoms with Gasteiger partial charge in [0.15, 0.2) is 0 Å². The summed E-state index contributed by atoms with van der Waals surface area (Å²) in [6.45, 7) is 6.63. The van der Waals surface area contributed by atoms with E-state index in [2.05, 4.69) is 36.4 Å². The molecule has 1 unspecified atom stereocenters.